The zero-order chi connectivity index (χ0) is 50.0. The van der Waals surface area contributed by atoms with E-state index in [0.717, 1.165) is 44.9 Å². The molecule has 2 atom stereocenters. The number of hydrogen-bond donors (Lipinski definition) is 3. The lowest BCUT2D eigenvalue weighted by atomic mass is 10.0. The van der Waals surface area contributed by atoms with E-state index >= 15 is 0 Å². The number of nitrogens with one attached hydrogen (secondary N) is 1. The first-order valence-corrected chi connectivity index (χ1v) is 31.4. The maximum atomic E-state index is 12.5. The number of allylic oxidation sites excluding steroid dienone is 2. The highest BCUT2D eigenvalue weighted by molar-refractivity contribution is 5.76. The number of amides is 1. The van der Waals surface area contributed by atoms with Crippen LogP contribution in [0, 0.1) is 0 Å². The Morgan fingerprint density at radius 2 is 0.681 bits per heavy atom. The van der Waals surface area contributed by atoms with E-state index in [1.165, 1.54) is 276 Å². The molecule has 0 rings (SSSR count). The third-order valence-electron chi connectivity index (χ3n) is 14.8. The molecule has 0 aromatic heterocycles. The zero-order valence-electron chi connectivity index (χ0n) is 46.8. The third kappa shape index (κ3) is 55.8. The van der Waals surface area contributed by atoms with Crippen molar-refractivity contribution in [2.45, 2.75) is 366 Å². The molecule has 1 amide bonds. The van der Waals surface area contributed by atoms with Gasteiger partial charge in [0.15, 0.2) is 0 Å². The van der Waals surface area contributed by atoms with E-state index in [2.05, 4.69) is 31.3 Å². The first-order chi connectivity index (χ1) is 34.0. The molecule has 6 heteroatoms. The van der Waals surface area contributed by atoms with Crippen LogP contribution in [0.4, 0.5) is 0 Å². The van der Waals surface area contributed by atoms with Crippen molar-refractivity contribution < 1.29 is 24.5 Å². The van der Waals surface area contributed by atoms with Crippen molar-refractivity contribution in [2.75, 3.05) is 13.2 Å². The number of rotatable bonds is 59. The third-order valence-corrected chi connectivity index (χ3v) is 14.8. The van der Waals surface area contributed by atoms with E-state index in [0.29, 0.717) is 25.9 Å². The van der Waals surface area contributed by atoms with Crippen LogP contribution in [-0.4, -0.2) is 47.4 Å². The molecule has 6 nitrogen and oxygen atoms in total. The number of carbonyl (C=O) groups excluding carboxylic acids is 2. The summed E-state index contributed by atoms with van der Waals surface area (Å²) in [5, 5.41) is 23.3. The van der Waals surface area contributed by atoms with Gasteiger partial charge in [0.2, 0.25) is 5.91 Å². The Bertz CT molecular complexity index is 1030. The minimum Gasteiger partial charge on any atom is -0.466 e. The Hall–Kier alpha value is -1.40. The molecule has 0 heterocycles. The van der Waals surface area contributed by atoms with E-state index in [1.54, 1.807) is 0 Å². The first-order valence-electron chi connectivity index (χ1n) is 31.4. The largest absolute Gasteiger partial charge is 0.466 e. The zero-order valence-corrected chi connectivity index (χ0v) is 46.8. The first kappa shape index (κ1) is 67.6. The van der Waals surface area contributed by atoms with Crippen molar-refractivity contribution in [1.82, 2.24) is 5.32 Å². The number of ether oxygens (including phenoxy) is 1. The lowest BCUT2D eigenvalue weighted by molar-refractivity contribution is -0.143. The lowest BCUT2D eigenvalue weighted by Gasteiger charge is -2.22. The average Bonchev–Trinajstić information content (AvgIpc) is 3.35. The number of esters is 1. The topological polar surface area (TPSA) is 95.9 Å². The molecule has 0 aliphatic rings. The van der Waals surface area contributed by atoms with Gasteiger partial charge in [0.25, 0.3) is 0 Å². The Balaban J connectivity index is 3.38. The van der Waals surface area contributed by atoms with Gasteiger partial charge >= 0.3 is 5.97 Å². The van der Waals surface area contributed by atoms with E-state index < -0.39 is 12.1 Å². The van der Waals surface area contributed by atoms with Gasteiger partial charge in [-0.05, 0) is 51.4 Å². The molecule has 0 aliphatic carbocycles. The van der Waals surface area contributed by atoms with E-state index in [-0.39, 0.29) is 18.5 Å². The normalized spacial score (nSPS) is 12.6. The lowest BCUT2D eigenvalue weighted by Crippen LogP contribution is -2.45. The second-order valence-corrected chi connectivity index (χ2v) is 21.7. The molecule has 0 saturated heterocycles. The van der Waals surface area contributed by atoms with Gasteiger partial charge < -0.3 is 20.3 Å². The molecular weight excluding hydrogens is 851 g/mol. The summed E-state index contributed by atoms with van der Waals surface area (Å²) in [6.45, 7) is 4.97. The van der Waals surface area contributed by atoms with Crippen molar-refractivity contribution >= 4 is 11.9 Å². The van der Waals surface area contributed by atoms with Gasteiger partial charge in [0, 0.05) is 12.8 Å². The molecule has 3 N–H and O–H groups in total. The maximum Gasteiger partial charge on any atom is 0.305 e. The monoisotopic (exact) mass is 974 g/mol. The minimum atomic E-state index is -0.665. The van der Waals surface area contributed by atoms with Crippen LogP contribution in [0.15, 0.2) is 12.2 Å². The van der Waals surface area contributed by atoms with E-state index in [1.807, 2.05) is 0 Å². The van der Waals surface area contributed by atoms with Crippen LogP contribution in [0.25, 0.3) is 0 Å². The molecule has 2 unspecified atom stereocenters. The van der Waals surface area contributed by atoms with Gasteiger partial charge in [0.05, 0.1) is 25.4 Å². The van der Waals surface area contributed by atoms with Crippen LogP contribution >= 0.6 is 0 Å². The highest BCUT2D eigenvalue weighted by atomic mass is 16.5. The van der Waals surface area contributed by atoms with Crippen molar-refractivity contribution in [2.24, 2.45) is 0 Å². The summed E-state index contributed by atoms with van der Waals surface area (Å²) < 4.78 is 5.50. The average molecular weight is 975 g/mol. The Morgan fingerprint density at radius 3 is 1.03 bits per heavy atom. The van der Waals surface area contributed by atoms with Gasteiger partial charge in [-0.2, -0.15) is 0 Å². The fourth-order valence-corrected chi connectivity index (χ4v) is 9.99. The molecule has 0 aliphatic heterocycles. The highest BCUT2D eigenvalue weighted by Gasteiger charge is 2.20. The number of carbonyl (C=O) groups is 2. The van der Waals surface area contributed by atoms with Gasteiger partial charge in [0.1, 0.15) is 0 Å². The van der Waals surface area contributed by atoms with Crippen molar-refractivity contribution in [3.63, 3.8) is 0 Å². The smallest absolute Gasteiger partial charge is 0.305 e. The summed E-state index contributed by atoms with van der Waals surface area (Å²) in [6.07, 6.45) is 70.7. The highest BCUT2D eigenvalue weighted by Crippen LogP contribution is 2.18. The summed E-state index contributed by atoms with van der Waals surface area (Å²) >= 11 is 0. The molecule has 0 aromatic carbocycles. The number of aliphatic hydroxyl groups is 2. The SMILES string of the molecule is CCCCCCCCC/C=C\CCCCCCCCCC(=O)OCCCCCCCCCCCCCCCCCCCCCC(=O)NC(CO)C(O)CCCCCCCCCCCCCCCCC. The van der Waals surface area contributed by atoms with Gasteiger partial charge in [-0.25, -0.2) is 0 Å². The van der Waals surface area contributed by atoms with Crippen LogP contribution in [0.3, 0.4) is 0 Å². The van der Waals surface area contributed by atoms with Crippen molar-refractivity contribution in [3.8, 4) is 0 Å². The maximum absolute atomic E-state index is 12.5. The van der Waals surface area contributed by atoms with Gasteiger partial charge in [-0.1, -0.05) is 302 Å². The number of hydrogen-bond acceptors (Lipinski definition) is 5. The summed E-state index contributed by atoms with van der Waals surface area (Å²) in [7, 11) is 0. The fraction of sp³-hybridized carbons (Fsp3) is 0.937. The number of aliphatic hydroxyl groups excluding tert-OH is 2. The van der Waals surface area contributed by atoms with Crippen LogP contribution in [0.1, 0.15) is 354 Å². The molecule has 0 radical (unpaired) electrons. The molecule has 0 bridgehead atoms. The molecule has 69 heavy (non-hydrogen) atoms. The van der Waals surface area contributed by atoms with Crippen molar-refractivity contribution in [3.05, 3.63) is 12.2 Å². The summed E-state index contributed by atoms with van der Waals surface area (Å²) in [6, 6.07) is -0.543. The predicted octanol–water partition coefficient (Wildman–Crippen LogP) is 19.6. The van der Waals surface area contributed by atoms with E-state index in [9.17, 15) is 19.8 Å². The second kappa shape index (κ2) is 59.2. The summed E-state index contributed by atoms with van der Waals surface area (Å²) in [4.78, 5) is 24.6. The number of unbranched alkanes of at least 4 members (excludes halogenated alkanes) is 46. The van der Waals surface area contributed by atoms with Gasteiger partial charge in [-0.3, -0.25) is 9.59 Å². The molecule has 0 fully saturated rings. The van der Waals surface area contributed by atoms with Crippen LogP contribution in [-0.2, 0) is 14.3 Å². The van der Waals surface area contributed by atoms with E-state index in [4.69, 9.17) is 4.74 Å². The fourth-order valence-electron chi connectivity index (χ4n) is 9.99. The minimum absolute atomic E-state index is 0.00705. The Labute approximate surface area is 431 Å². The summed E-state index contributed by atoms with van der Waals surface area (Å²) in [5.74, 6) is -0.0283. The molecule has 0 aromatic rings. The Kier molecular flexibility index (Phi) is 58.0. The predicted molar refractivity (Wildman–Crippen MR) is 301 cm³/mol. The summed E-state index contributed by atoms with van der Waals surface area (Å²) in [5.41, 5.74) is 0. The van der Waals surface area contributed by atoms with Crippen LogP contribution in [0.5, 0.6) is 0 Å². The molecular formula is C63H123NO5. The van der Waals surface area contributed by atoms with Crippen LogP contribution < -0.4 is 5.32 Å². The Morgan fingerprint density at radius 1 is 0.391 bits per heavy atom. The molecule has 0 spiro atoms. The molecule has 0 saturated carbocycles. The van der Waals surface area contributed by atoms with Crippen molar-refractivity contribution in [1.29, 1.82) is 0 Å². The van der Waals surface area contributed by atoms with Gasteiger partial charge in [-0.15, -0.1) is 0 Å². The van der Waals surface area contributed by atoms with Crippen LogP contribution in [0.2, 0.25) is 0 Å². The second-order valence-electron chi connectivity index (χ2n) is 21.7. The standard InChI is InChI=1S/C63H123NO5/c1-3-5-7-9-11-13-15-17-19-20-25-29-33-37-41-45-49-53-57-63(68)69-58-54-50-46-42-38-34-30-26-23-21-22-24-28-32-36-40-44-48-52-56-62(67)64-60(59-65)61(66)55-51-47-43-39-35-31-27-18-16-14-12-10-8-6-4-2/h19-20,60-61,65-66H,3-18,21-59H2,1-2H3,(H,64,67)/b20-19-. The quantitative estimate of drug-likeness (QED) is 0.0321. The molecule has 410 valence electrons.